The zero-order valence-corrected chi connectivity index (χ0v) is 9.56. The first kappa shape index (κ1) is 11.2. The Bertz CT molecular complexity index is 336. The van der Waals surface area contributed by atoms with Gasteiger partial charge in [0.1, 0.15) is 5.82 Å². The molecule has 2 atom stereocenters. The third-order valence-electron chi connectivity index (χ3n) is 2.63. The minimum Gasteiger partial charge on any atom is -0.373 e. The summed E-state index contributed by atoms with van der Waals surface area (Å²) in [4.78, 5) is 0. The highest BCUT2D eigenvalue weighted by molar-refractivity contribution is 6.30. The lowest BCUT2D eigenvalue weighted by atomic mass is 9.97. The molecule has 15 heavy (non-hydrogen) atoms. The number of benzene rings is 1. The van der Waals surface area contributed by atoms with Gasteiger partial charge in [-0.15, -0.1) is 11.6 Å². The minimum absolute atomic E-state index is 0.115. The zero-order valence-electron chi connectivity index (χ0n) is 8.05. The van der Waals surface area contributed by atoms with E-state index in [4.69, 9.17) is 27.9 Å². The first-order valence-electron chi connectivity index (χ1n) is 4.84. The van der Waals surface area contributed by atoms with Gasteiger partial charge in [-0.2, -0.15) is 0 Å². The van der Waals surface area contributed by atoms with Gasteiger partial charge in [0.25, 0.3) is 0 Å². The van der Waals surface area contributed by atoms with Gasteiger partial charge in [0.2, 0.25) is 0 Å². The Hall–Kier alpha value is -0.310. The van der Waals surface area contributed by atoms with E-state index in [-0.39, 0.29) is 17.8 Å². The Balaban J connectivity index is 2.28. The van der Waals surface area contributed by atoms with Gasteiger partial charge in [0.05, 0.1) is 6.10 Å². The van der Waals surface area contributed by atoms with Crippen molar-refractivity contribution >= 4 is 23.2 Å². The third kappa shape index (κ3) is 2.44. The van der Waals surface area contributed by atoms with Gasteiger partial charge in [-0.3, -0.25) is 0 Å². The van der Waals surface area contributed by atoms with E-state index in [1.807, 2.05) is 0 Å². The first-order valence-corrected chi connectivity index (χ1v) is 5.75. The second kappa shape index (κ2) is 4.69. The molecular weight excluding hydrogens is 238 g/mol. The van der Waals surface area contributed by atoms with Crippen molar-refractivity contribution in [2.24, 2.45) is 5.92 Å². The largest absolute Gasteiger partial charge is 0.373 e. The highest BCUT2D eigenvalue weighted by Crippen LogP contribution is 2.36. The summed E-state index contributed by atoms with van der Waals surface area (Å²) in [6.45, 7) is 0.677. The van der Waals surface area contributed by atoms with E-state index in [1.54, 1.807) is 6.07 Å². The summed E-state index contributed by atoms with van der Waals surface area (Å²) in [6, 6.07) is 4.48. The average molecular weight is 249 g/mol. The van der Waals surface area contributed by atoms with Crippen molar-refractivity contribution in [3.63, 3.8) is 0 Å². The van der Waals surface area contributed by atoms with Crippen LogP contribution in [0, 0.1) is 11.7 Å². The summed E-state index contributed by atoms with van der Waals surface area (Å²) in [6.07, 6.45) is 0.804. The Kier molecular flexibility index (Phi) is 3.49. The normalized spacial score (nSPS) is 25.8. The topological polar surface area (TPSA) is 9.23 Å². The fraction of sp³-hybridized carbons (Fsp3) is 0.455. The predicted molar refractivity (Wildman–Crippen MR) is 58.9 cm³/mol. The molecule has 0 spiro atoms. The molecule has 0 saturated carbocycles. The van der Waals surface area contributed by atoms with Gasteiger partial charge < -0.3 is 4.74 Å². The summed E-state index contributed by atoms with van der Waals surface area (Å²) >= 11 is 11.6. The van der Waals surface area contributed by atoms with E-state index < -0.39 is 0 Å². The van der Waals surface area contributed by atoms with Gasteiger partial charge in [0.15, 0.2) is 0 Å². The van der Waals surface area contributed by atoms with Crippen LogP contribution in [0.4, 0.5) is 4.39 Å². The molecule has 0 amide bonds. The molecule has 1 fully saturated rings. The van der Waals surface area contributed by atoms with Crippen LogP contribution in [0.15, 0.2) is 18.2 Å². The van der Waals surface area contributed by atoms with Crippen LogP contribution in [0.1, 0.15) is 18.1 Å². The number of alkyl halides is 1. The van der Waals surface area contributed by atoms with Crippen LogP contribution in [0.25, 0.3) is 0 Å². The summed E-state index contributed by atoms with van der Waals surface area (Å²) in [5, 5.41) is 0.397. The van der Waals surface area contributed by atoms with E-state index in [2.05, 4.69) is 0 Å². The molecular formula is C11H11Cl2FO. The smallest absolute Gasteiger partial charge is 0.125 e. The van der Waals surface area contributed by atoms with E-state index in [1.165, 1.54) is 12.1 Å². The lowest BCUT2D eigenvalue weighted by molar-refractivity contribution is 0.0949. The van der Waals surface area contributed by atoms with Crippen LogP contribution in [0.5, 0.6) is 0 Å². The lowest BCUT2D eigenvalue weighted by Gasteiger charge is -2.16. The Morgan fingerprint density at radius 1 is 1.40 bits per heavy atom. The van der Waals surface area contributed by atoms with Crippen LogP contribution >= 0.6 is 23.2 Å². The van der Waals surface area contributed by atoms with Crippen molar-refractivity contribution in [2.45, 2.75) is 12.5 Å². The fourth-order valence-electron chi connectivity index (χ4n) is 1.90. The van der Waals surface area contributed by atoms with E-state index in [9.17, 15) is 4.39 Å². The molecule has 1 aliphatic heterocycles. The number of hydrogen-bond donors (Lipinski definition) is 0. The van der Waals surface area contributed by atoms with E-state index in [0.29, 0.717) is 17.5 Å². The quantitative estimate of drug-likeness (QED) is 0.724. The molecule has 4 heteroatoms. The van der Waals surface area contributed by atoms with Crippen LogP contribution in [0.2, 0.25) is 5.02 Å². The van der Waals surface area contributed by atoms with Gasteiger partial charge in [0, 0.05) is 23.4 Å². The van der Waals surface area contributed by atoms with Crippen LogP contribution in [-0.4, -0.2) is 12.5 Å². The van der Waals surface area contributed by atoms with E-state index in [0.717, 1.165) is 12.0 Å². The molecule has 2 unspecified atom stereocenters. The molecule has 2 rings (SSSR count). The summed E-state index contributed by atoms with van der Waals surface area (Å²) < 4.78 is 18.7. The SMILES string of the molecule is Fc1cc(Cl)cc(C2OCCC2CCl)c1. The molecule has 1 aromatic rings. The fourth-order valence-corrected chi connectivity index (χ4v) is 2.45. The van der Waals surface area contributed by atoms with Crippen molar-refractivity contribution in [1.82, 2.24) is 0 Å². The second-order valence-electron chi connectivity index (χ2n) is 3.70. The highest BCUT2D eigenvalue weighted by Gasteiger charge is 2.29. The molecule has 1 heterocycles. The Morgan fingerprint density at radius 3 is 2.87 bits per heavy atom. The highest BCUT2D eigenvalue weighted by atomic mass is 35.5. The molecule has 0 radical (unpaired) electrons. The molecule has 0 aliphatic carbocycles. The third-order valence-corrected chi connectivity index (χ3v) is 3.24. The van der Waals surface area contributed by atoms with Crippen molar-refractivity contribution in [3.8, 4) is 0 Å². The molecule has 1 aromatic carbocycles. The lowest BCUT2D eigenvalue weighted by Crippen LogP contribution is -2.09. The standard InChI is InChI=1S/C11H11Cl2FO/c12-6-7-1-2-15-11(7)8-3-9(13)5-10(14)4-8/h3-5,7,11H,1-2,6H2. The molecule has 1 aliphatic rings. The van der Waals surface area contributed by atoms with Crippen LogP contribution < -0.4 is 0 Å². The Morgan fingerprint density at radius 2 is 2.20 bits per heavy atom. The summed E-state index contributed by atoms with van der Waals surface area (Å²) in [7, 11) is 0. The zero-order chi connectivity index (χ0) is 10.8. The molecule has 0 aromatic heterocycles. The molecule has 0 bridgehead atoms. The molecule has 1 saturated heterocycles. The minimum atomic E-state index is -0.332. The molecule has 82 valence electrons. The first-order chi connectivity index (χ1) is 7.20. The monoisotopic (exact) mass is 248 g/mol. The van der Waals surface area contributed by atoms with Gasteiger partial charge in [-0.1, -0.05) is 11.6 Å². The van der Waals surface area contributed by atoms with Crippen LogP contribution in [0.3, 0.4) is 0 Å². The number of hydrogen-bond acceptors (Lipinski definition) is 1. The average Bonchev–Trinajstić information content (AvgIpc) is 2.63. The van der Waals surface area contributed by atoms with Crippen molar-refractivity contribution in [1.29, 1.82) is 0 Å². The van der Waals surface area contributed by atoms with Gasteiger partial charge >= 0.3 is 0 Å². The number of halogens is 3. The number of rotatable bonds is 2. The summed E-state index contributed by atoms with van der Waals surface area (Å²) in [5.41, 5.74) is 0.781. The predicted octanol–water partition coefficient (Wildman–Crippen LogP) is 3.80. The Labute approximate surface area is 98.1 Å². The molecule has 0 N–H and O–H groups in total. The van der Waals surface area contributed by atoms with Gasteiger partial charge in [-0.05, 0) is 30.2 Å². The van der Waals surface area contributed by atoms with E-state index >= 15 is 0 Å². The number of ether oxygens (including phenoxy) is 1. The van der Waals surface area contributed by atoms with Crippen molar-refractivity contribution in [3.05, 3.63) is 34.6 Å². The summed E-state index contributed by atoms with van der Waals surface area (Å²) in [5.74, 6) is 0.449. The van der Waals surface area contributed by atoms with Crippen molar-refractivity contribution < 1.29 is 9.13 Å². The van der Waals surface area contributed by atoms with Crippen molar-refractivity contribution in [2.75, 3.05) is 12.5 Å². The molecule has 1 nitrogen and oxygen atoms in total. The second-order valence-corrected chi connectivity index (χ2v) is 4.44. The van der Waals surface area contributed by atoms with Crippen LogP contribution in [-0.2, 0) is 4.74 Å². The maximum absolute atomic E-state index is 13.1. The van der Waals surface area contributed by atoms with Gasteiger partial charge in [-0.25, -0.2) is 4.39 Å². The maximum Gasteiger partial charge on any atom is 0.125 e. The maximum atomic E-state index is 13.1.